The van der Waals surface area contributed by atoms with Crippen LogP contribution in [-0.4, -0.2) is 31.4 Å². The zero-order valence-corrected chi connectivity index (χ0v) is 13.9. The Morgan fingerprint density at radius 1 is 1.30 bits per heavy atom. The Kier molecular flexibility index (Phi) is 5.50. The smallest absolute Gasteiger partial charge is 0.181 e. The molecule has 23 heavy (non-hydrogen) atoms. The van der Waals surface area contributed by atoms with Gasteiger partial charge in [0.15, 0.2) is 11.5 Å². The molecule has 4 nitrogen and oxygen atoms in total. The van der Waals surface area contributed by atoms with Gasteiger partial charge in [0.2, 0.25) is 0 Å². The molecule has 0 N–H and O–H groups in total. The van der Waals surface area contributed by atoms with Crippen LogP contribution in [-0.2, 0) is 14.3 Å². The minimum Gasteiger partial charge on any atom is -0.347 e. The third-order valence-electron chi connectivity index (χ3n) is 4.20. The number of carbonyl (C=O) groups excluding carboxylic acids is 2. The first-order valence-electron chi connectivity index (χ1n) is 7.83. The van der Waals surface area contributed by atoms with Gasteiger partial charge in [0.25, 0.3) is 0 Å². The van der Waals surface area contributed by atoms with Gasteiger partial charge in [0.1, 0.15) is 6.29 Å². The number of benzene rings is 1. The van der Waals surface area contributed by atoms with Crippen molar-refractivity contribution in [3.8, 4) is 0 Å². The molecule has 122 valence electrons. The zero-order valence-electron chi connectivity index (χ0n) is 13.9. The molecular formula is C19H23NO3. The maximum absolute atomic E-state index is 11.8. The number of ether oxygens (including phenoxy) is 1. The van der Waals surface area contributed by atoms with E-state index in [0.29, 0.717) is 12.2 Å². The Balaban J connectivity index is 2.34. The van der Waals surface area contributed by atoms with Gasteiger partial charge in [-0.25, -0.2) is 0 Å². The molecule has 2 atom stereocenters. The highest BCUT2D eigenvalue weighted by Gasteiger charge is 2.35. The standard InChI is InChI=1S/C19H23NO3/c1-4-16(13-21)14-23-19(11-10-18(22)15(2)12-19)20(3)17-8-6-5-7-9-17/h5-13,16H,4,14H2,1-3H3. The minimum absolute atomic E-state index is 0.0203. The lowest BCUT2D eigenvalue weighted by Gasteiger charge is -2.40. The van der Waals surface area contributed by atoms with E-state index < -0.39 is 5.72 Å². The normalized spacial score (nSPS) is 21.7. The molecule has 0 fully saturated rings. The fraction of sp³-hybridized carbons (Fsp3) is 0.368. The van der Waals surface area contributed by atoms with E-state index in [0.717, 1.165) is 18.4 Å². The van der Waals surface area contributed by atoms with Gasteiger partial charge in [0.05, 0.1) is 6.61 Å². The van der Waals surface area contributed by atoms with E-state index in [1.807, 2.05) is 55.3 Å². The predicted molar refractivity (Wildman–Crippen MR) is 91.3 cm³/mol. The molecule has 4 heteroatoms. The summed E-state index contributed by atoms with van der Waals surface area (Å²) in [6.45, 7) is 4.04. The van der Waals surface area contributed by atoms with E-state index in [1.165, 1.54) is 6.08 Å². The van der Waals surface area contributed by atoms with Crippen LogP contribution in [0.5, 0.6) is 0 Å². The molecule has 0 bridgehead atoms. The van der Waals surface area contributed by atoms with Crippen LogP contribution in [0, 0.1) is 5.92 Å². The highest BCUT2D eigenvalue weighted by molar-refractivity contribution is 6.05. The van der Waals surface area contributed by atoms with Crippen molar-refractivity contribution in [3.05, 3.63) is 54.1 Å². The van der Waals surface area contributed by atoms with Gasteiger partial charge in [-0.15, -0.1) is 0 Å². The Hall–Kier alpha value is -2.20. The molecule has 0 saturated carbocycles. The summed E-state index contributed by atoms with van der Waals surface area (Å²) in [5.74, 6) is -0.177. The molecule has 1 aliphatic rings. The van der Waals surface area contributed by atoms with Gasteiger partial charge in [0, 0.05) is 18.7 Å². The fourth-order valence-electron chi connectivity index (χ4n) is 2.50. The SMILES string of the molecule is CCC(C=O)COC1(N(C)c2ccccc2)C=CC(=O)C(C)=C1. The number of ketones is 1. The summed E-state index contributed by atoms with van der Waals surface area (Å²) in [4.78, 5) is 24.9. The number of nitrogens with zero attached hydrogens (tertiary/aromatic N) is 1. The second kappa shape index (κ2) is 7.38. The molecule has 0 radical (unpaired) electrons. The molecule has 0 aliphatic heterocycles. The summed E-state index contributed by atoms with van der Waals surface area (Å²) in [6.07, 6.45) is 6.76. The van der Waals surface area contributed by atoms with Crippen LogP contribution in [0.25, 0.3) is 0 Å². The average molecular weight is 313 g/mol. The van der Waals surface area contributed by atoms with Crippen LogP contribution in [0.3, 0.4) is 0 Å². The summed E-state index contributed by atoms with van der Waals surface area (Å²) in [7, 11) is 1.92. The number of hydrogen-bond donors (Lipinski definition) is 0. The maximum atomic E-state index is 11.8. The highest BCUT2D eigenvalue weighted by Crippen LogP contribution is 2.31. The first kappa shape index (κ1) is 17.2. The third kappa shape index (κ3) is 3.77. The van der Waals surface area contributed by atoms with Crippen molar-refractivity contribution < 1.29 is 14.3 Å². The first-order valence-corrected chi connectivity index (χ1v) is 7.83. The van der Waals surface area contributed by atoms with Crippen LogP contribution in [0.1, 0.15) is 20.3 Å². The molecule has 0 saturated heterocycles. The minimum atomic E-state index is -0.865. The second-order valence-electron chi connectivity index (χ2n) is 5.79. The molecule has 0 spiro atoms. The largest absolute Gasteiger partial charge is 0.347 e. The summed E-state index contributed by atoms with van der Waals surface area (Å²) in [5, 5.41) is 0. The Labute approximate surface area is 137 Å². The molecular weight excluding hydrogens is 290 g/mol. The van der Waals surface area contributed by atoms with E-state index in [-0.39, 0.29) is 11.7 Å². The van der Waals surface area contributed by atoms with Crippen LogP contribution in [0.4, 0.5) is 5.69 Å². The van der Waals surface area contributed by atoms with E-state index in [1.54, 1.807) is 13.0 Å². The van der Waals surface area contributed by atoms with Gasteiger partial charge >= 0.3 is 0 Å². The van der Waals surface area contributed by atoms with Crippen LogP contribution < -0.4 is 4.90 Å². The number of likely N-dealkylation sites (N-methyl/N-ethyl adjacent to an activating group) is 1. The van der Waals surface area contributed by atoms with Crippen molar-refractivity contribution in [2.75, 3.05) is 18.6 Å². The van der Waals surface area contributed by atoms with E-state index in [9.17, 15) is 9.59 Å². The van der Waals surface area contributed by atoms with Gasteiger partial charge < -0.3 is 14.4 Å². The Morgan fingerprint density at radius 2 is 2.00 bits per heavy atom. The monoisotopic (exact) mass is 313 g/mol. The van der Waals surface area contributed by atoms with Gasteiger partial charge in [-0.05, 0) is 49.3 Å². The topological polar surface area (TPSA) is 46.6 Å². The fourth-order valence-corrected chi connectivity index (χ4v) is 2.50. The van der Waals surface area contributed by atoms with Crippen LogP contribution in [0.15, 0.2) is 54.1 Å². The lowest BCUT2D eigenvalue weighted by Crippen LogP contribution is -2.48. The van der Waals surface area contributed by atoms with Crippen molar-refractivity contribution in [2.24, 2.45) is 5.92 Å². The molecule has 0 heterocycles. The van der Waals surface area contributed by atoms with Crippen molar-refractivity contribution >= 4 is 17.8 Å². The molecule has 2 unspecified atom stereocenters. The highest BCUT2D eigenvalue weighted by atomic mass is 16.5. The lowest BCUT2D eigenvalue weighted by atomic mass is 9.97. The molecule has 1 aromatic rings. The molecule has 2 rings (SSSR count). The predicted octanol–water partition coefficient (Wildman–Crippen LogP) is 3.15. The van der Waals surface area contributed by atoms with Gasteiger partial charge in [-0.3, -0.25) is 4.79 Å². The van der Waals surface area contributed by atoms with E-state index in [2.05, 4.69) is 0 Å². The number of aldehydes is 1. The molecule has 1 aliphatic carbocycles. The second-order valence-corrected chi connectivity index (χ2v) is 5.79. The molecule has 0 aromatic heterocycles. The first-order chi connectivity index (χ1) is 11.0. The Morgan fingerprint density at radius 3 is 2.57 bits per heavy atom. The van der Waals surface area contributed by atoms with Gasteiger partial charge in [-0.2, -0.15) is 0 Å². The summed E-state index contributed by atoms with van der Waals surface area (Å²) < 4.78 is 6.13. The van der Waals surface area contributed by atoms with Crippen molar-refractivity contribution in [3.63, 3.8) is 0 Å². The number of hydrogen-bond acceptors (Lipinski definition) is 4. The molecule has 1 aromatic carbocycles. The van der Waals surface area contributed by atoms with E-state index >= 15 is 0 Å². The summed E-state index contributed by atoms with van der Waals surface area (Å²) >= 11 is 0. The number of anilines is 1. The molecule has 0 amide bonds. The zero-order chi connectivity index (χ0) is 16.9. The van der Waals surface area contributed by atoms with Crippen molar-refractivity contribution in [1.29, 1.82) is 0 Å². The quantitative estimate of drug-likeness (QED) is 0.573. The van der Waals surface area contributed by atoms with Crippen LogP contribution in [0.2, 0.25) is 0 Å². The maximum Gasteiger partial charge on any atom is 0.181 e. The van der Waals surface area contributed by atoms with E-state index in [4.69, 9.17) is 4.74 Å². The van der Waals surface area contributed by atoms with Gasteiger partial charge in [-0.1, -0.05) is 25.1 Å². The third-order valence-corrected chi connectivity index (χ3v) is 4.20. The van der Waals surface area contributed by atoms with Crippen LogP contribution >= 0.6 is 0 Å². The number of carbonyl (C=O) groups is 2. The van der Waals surface area contributed by atoms with Crippen molar-refractivity contribution in [1.82, 2.24) is 0 Å². The van der Waals surface area contributed by atoms with Crippen molar-refractivity contribution in [2.45, 2.75) is 26.0 Å². The number of rotatable bonds is 7. The number of para-hydroxylation sites is 1. The average Bonchev–Trinajstić information content (AvgIpc) is 2.59. The lowest BCUT2D eigenvalue weighted by molar-refractivity contribution is -0.115. The summed E-state index contributed by atoms with van der Waals surface area (Å²) in [6, 6.07) is 9.82. The number of allylic oxidation sites excluding steroid dienone is 2. The summed E-state index contributed by atoms with van der Waals surface area (Å²) in [5.41, 5.74) is 0.736. The Bertz CT molecular complexity index is 621.